The SMILES string of the molecule is CCc1c(C(=O)O)ccn1-c1ccc(CC(=O)O)cc1. The number of rotatable bonds is 5. The number of nitrogens with zero attached hydrogens (tertiary/aromatic N) is 1. The predicted octanol–water partition coefficient (Wildman–Crippen LogP) is 2.37. The fourth-order valence-electron chi connectivity index (χ4n) is 2.21. The minimum Gasteiger partial charge on any atom is -0.481 e. The molecule has 1 aromatic carbocycles. The summed E-state index contributed by atoms with van der Waals surface area (Å²) in [6.07, 6.45) is 2.30. The molecule has 0 amide bonds. The Bertz CT molecular complexity index is 640. The molecule has 0 aliphatic rings. The van der Waals surface area contributed by atoms with Gasteiger partial charge in [-0.25, -0.2) is 4.79 Å². The lowest BCUT2D eigenvalue weighted by Gasteiger charge is -2.09. The van der Waals surface area contributed by atoms with Gasteiger partial charge < -0.3 is 14.8 Å². The van der Waals surface area contributed by atoms with E-state index in [1.54, 1.807) is 36.5 Å². The van der Waals surface area contributed by atoms with E-state index in [-0.39, 0.29) is 6.42 Å². The van der Waals surface area contributed by atoms with Gasteiger partial charge in [0.1, 0.15) is 0 Å². The van der Waals surface area contributed by atoms with Crippen LogP contribution in [0.4, 0.5) is 0 Å². The maximum atomic E-state index is 11.1. The van der Waals surface area contributed by atoms with Gasteiger partial charge in [0.25, 0.3) is 0 Å². The summed E-state index contributed by atoms with van der Waals surface area (Å²) < 4.78 is 1.81. The third-order valence-electron chi connectivity index (χ3n) is 3.13. The zero-order valence-corrected chi connectivity index (χ0v) is 11.0. The van der Waals surface area contributed by atoms with Crippen LogP contribution in [0.3, 0.4) is 0 Å². The smallest absolute Gasteiger partial charge is 0.337 e. The van der Waals surface area contributed by atoms with Crippen LogP contribution in [0, 0.1) is 0 Å². The van der Waals surface area contributed by atoms with Crippen molar-refractivity contribution < 1.29 is 19.8 Å². The van der Waals surface area contributed by atoms with E-state index in [9.17, 15) is 9.59 Å². The Morgan fingerprint density at radius 1 is 1.10 bits per heavy atom. The summed E-state index contributed by atoms with van der Waals surface area (Å²) in [5, 5.41) is 17.9. The summed E-state index contributed by atoms with van der Waals surface area (Å²) >= 11 is 0. The number of carboxylic acid groups (broad SMARTS) is 2. The van der Waals surface area contributed by atoms with Gasteiger partial charge >= 0.3 is 11.9 Å². The van der Waals surface area contributed by atoms with Gasteiger partial charge in [0.15, 0.2) is 0 Å². The first-order chi connectivity index (χ1) is 9.52. The second kappa shape index (κ2) is 5.61. The average molecular weight is 273 g/mol. The minimum absolute atomic E-state index is 0.0209. The highest BCUT2D eigenvalue weighted by molar-refractivity contribution is 5.89. The molecule has 5 nitrogen and oxygen atoms in total. The topological polar surface area (TPSA) is 79.5 Å². The van der Waals surface area contributed by atoms with Crippen LogP contribution in [0.1, 0.15) is 28.5 Å². The van der Waals surface area contributed by atoms with Gasteiger partial charge in [0.05, 0.1) is 12.0 Å². The molecule has 0 radical (unpaired) electrons. The molecule has 5 heteroatoms. The fourth-order valence-corrected chi connectivity index (χ4v) is 2.21. The maximum absolute atomic E-state index is 11.1. The molecule has 1 heterocycles. The number of aromatic nitrogens is 1. The highest BCUT2D eigenvalue weighted by atomic mass is 16.4. The highest BCUT2D eigenvalue weighted by Crippen LogP contribution is 2.19. The summed E-state index contributed by atoms with van der Waals surface area (Å²) in [7, 11) is 0. The monoisotopic (exact) mass is 273 g/mol. The second-order valence-corrected chi connectivity index (χ2v) is 4.44. The summed E-state index contributed by atoms with van der Waals surface area (Å²) in [5.74, 6) is -1.82. The zero-order chi connectivity index (χ0) is 14.7. The van der Waals surface area contributed by atoms with Crippen molar-refractivity contribution in [2.45, 2.75) is 19.8 Å². The molecule has 20 heavy (non-hydrogen) atoms. The summed E-state index contributed by atoms with van der Waals surface area (Å²) in [6.45, 7) is 1.90. The van der Waals surface area contributed by atoms with Crippen molar-refractivity contribution in [2.75, 3.05) is 0 Å². The molecule has 0 unspecified atom stereocenters. The van der Waals surface area contributed by atoms with Crippen LogP contribution in [0.15, 0.2) is 36.5 Å². The molecule has 0 atom stereocenters. The Hall–Kier alpha value is -2.56. The molecule has 2 N–H and O–H groups in total. The van der Waals surface area contributed by atoms with E-state index in [2.05, 4.69) is 0 Å². The van der Waals surface area contributed by atoms with Crippen molar-refractivity contribution >= 4 is 11.9 Å². The molecule has 0 saturated carbocycles. The molecular weight excluding hydrogens is 258 g/mol. The third-order valence-corrected chi connectivity index (χ3v) is 3.13. The molecule has 0 bridgehead atoms. The first-order valence-corrected chi connectivity index (χ1v) is 6.27. The lowest BCUT2D eigenvalue weighted by molar-refractivity contribution is -0.136. The Kier molecular flexibility index (Phi) is 3.89. The van der Waals surface area contributed by atoms with Crippen molar-refractivity contribution in [3.8, 4) is 5.69 Å². The van der Waals surface area contributed by atoms with E-state index < -0.39 is 11.9 Å². The minimum atomic E-state index is -0.942. The second-order valence-electron chi connectivity index (χ2n) is 4.44. The Balaban J connectivity index is 2.37. The Morgan fingerprint density at radius 2 is 1.75 bits per heavy atom. The van der Waals surface area contributed by atoms with Gasteiger partial charge in [-0.05, 0) is 30.2 Å². The van der Waals surface area contributed by atoms with Crippen LogP contribution >= 0.6 is 0 Å². The molecule has 0 aliphatic heterocycles. The molecule has 0 spiro atoms. The van der Waals surface area contributed by atoms with Gasteiger partial charge in [0, 0.05) is 17.6 Å². The largest absolute Gasteiger partial charge is 0.481 e. The molecule has 0 aliphatic carbocycles. The van der Waals surface area contributed by atoms with Gasteiger partial charge in [-0.2, -0.15) is 0 Å². The van der Waals surface area contributed by atoms with Crippen LogP contribution in [-0.2, 0) is 17.6 Å². The lowest BCUT2D eigenvalue weighted by Crippen LogP contribution is -2.05. The van der Waals surface area contributed by atoms with Crippen molar-refractivity contribution in [3.05, 3.63) is 53.3 Å². The number of carbonyl (C=O) groups is 2. The first kappa shape index (κ1) is 13.9. The van der Waals surface area contributed by atoms with Crippen LogP contribution < -0.4 is 0 Å². The standard InChI is InChI=1S/C15H15NO4/c1-2-13-12(15(19)20)7-8-16(13)11-5-3-10(4-6-11)9-14(17)18/h3-8H,2,9H2,1H3,(H,17,18)(H,19,20). The van der Waals surface area contributed by atoms with E-state index in [0.29, 0.717) is 17.5 Å². The first-order valence-electron chi connectivity index (χ1n) is 6.27. The number of carboxylic acids is 2. The van der Waals surface area contributed by atoms with Crippen LogP contribution in [0.25, 0.3) is 5.69 Å². The average Bonchev–Trinajstić information content (AvgIpc) is 2.82. The zero-order valence-electron chi connectivity index (χ0n) is 11.0. The Labute approximate surface area is 116 Å². The van der Waals surface area contributed by atoms with Crippen molar-refractivity contribution in [2.24, 2.45) is 0 Å². The molecule has 0 fully saturated rings. The molecule has 2 aromatic rings. The van der Waals surface area contributed by atoms with Crippen LogP contribution in [0.5, 0.6) is 0 Å². The van der Waals surface area contributed by atoms with Crippen LogP contribution in [0.2, 0.25) is 0 Å². The molecular formula is C15H15NO4. The normalized spacial score (nSPS) is 10.4. The van der Waals surface area contributed by atoms with E-state index in [1.165, 1.54) is 0 Å². The molecule has 1 aromatic heterocycles. The summed E-state index contributed by atoms with van der Waals surface area (Å²) in [4.78, 5) is 21.8. The van der Waals surface area contributed by atoms with Gasteiger partial charge in [-0.3, -0.25) is 4.79 Å². The predicted molar refractivity (Wildman–Crippen MR) is 73.4 cm³/mol. The molecule has 2 rings (SSSR count). The molecule has 0 saturated heterocycles. The van der Waals surface area contributed by atoms with E-state index in [4.69, 9.17) is 10.2 Å². The quantitative estimate of drug-likeness (QED) is 0.876. The maximum Gasteiger partial charge on any atom is 0.337 e. The number of hydrogen-bond donors (Lipinski definition) is 2. The van der Waals surface area contributed by atoms with E-state index in [1.807, 2.05) is 11.5 Å². The van der Waals surface area contributed by atoms with Crippen molar-refractivity contribution in [1.29, 1.82) is 0 Å². The lowest BCUT2D eigenvalue weighted by atomic mass is 10.1. The number of aliphatic carboxylic acids is 1. The number of benzene rings is 1. The van der Waals surface area contributed by atoms with E-state index in [0.717, 1.165) is 11.4 Å². The van der Waals surface area contributed by atoms with Gasteiger partial charge in [-0.15, -0.1) is 0 Å². The van der Waals surface area contributed by atoms with Crippen molar-refractivity contribution in [1.82, 2.24) is 4.57 Å². The number of hydrogen-bond acceptors (Lipinski definition) is 2. The van der Waals surface area contributed by atoms with E-state index >= 15 is 0 Å². The summed E-state index contributed by atoms with van der Waals surface area (Å²) in [5.41, 5.74) is 2.55. The third kappa shape index (κ3) is 2.71. The van der Waals surface area contributed by atoms with Crippen molar-refractivity contribution in [3.63, 3.8) is 0 Å². The van der Waals surface area contributed by atoms with Gasteiger partial charge in [0.2, 0.25) is 0 Å². The number of aromatic carboxylic acids is 1. The Morgan fingerprint density at radius 3 is 2.25 bits per heavy atom. The fraction of sp³-hybridized carbons (Fsp3) is 0.200. The van der Waals surface area contributed by atoms with Crippen LogP contribution in [-0.4, -0.2) is 26.7 Å². The van der Waals surface area contributed by atoms with Gasteiger partial charge in [-0.1, -0.05) is 19.1 Å². The highest BCUT2D eigenvalue weighted by Gasteiger charge is 2.14. The molecule has 104 valence electrons. The summed E-state index contributed by atoms with van der Waals surface area (Å²) in [6, 6.07) is 8.64.